The van der Waals surface area contributed by atoms with E-state index in [1.807, 2.05) is 36.4 Å². The van der Waals surface area contributed by atoms with Gasteiger partial charge in [-0.25, -0.2) is 9.79 Å². The molecule has 0 unspecified atom stereocenters. The molecule has 2 heterocycles. The number of esters is 1. The van der Waals surface area contributed by atoms with Crippen LogP contribution >= 0.6 is 27.7 Å². The van der Waals surface area contributed by atoms with Crippen molar-refractivity contribution in [3.8, 4) is 5.75 Å². The highest BCUT2D eigenvalue weighted by Gasteiger charge is 2.46. The second-order valence-corrected chi connectivity index (χ2v) is 8.97. The molecule has 0 radical (unpaired) electrons. The highest BCUT2D eigenvalue weighted by Crippen LogP contribution is 2.42. The zero-order valence-electron chi connectivity index (χ0n) is 18.2. The fourth-order valence-electron chi connectivity index (χ4n) is 3.48. The Kier molecular flexibility index (Phi) is 6.85. The molecule has 1 atom stereocenters. The zero-order chi connectivity index (χ0) is 23.5. The van der Waals surface area contributed by atoms with Crippen LogP contribution in [0.5, 0.6) is 5.75 Å². The fraction of sp³-hybridized carbons (Fsp3) is 0.217. The SMILES string of the molecule is CCOC(=O)C1=C(C)N=C2S/C(=N\Nc3ccc(Br)cc3)C(=O)N2[C@@H]1c1ccc(OC)cc1. The number of ether oxygens (including phenoxy) is 2. The topological polar surface area (TPSA) is 92.6 Å². The first kappa shape index (κ1) is 23.1. The molecule has 8 nitrogen and oxygen atoms in total. The third-order valence-electron chi connectivity index (χ3n) is 5.04. The van der Waals surface area contributed by atoms with Crippen LogP contribution in [0.4, 0.5) is 5.69 Å². The Bertz CT molecular complexity index is 1180. The standard InChI is InChI=1S/C23H21BrN4O4S/c1-4-32-22(30)18-13(2)25-23-28(19(18)14-5-11-17(31-3)12-6-14)21(29)20(33-23)27-26-16-9-7-15(24)8-10-16/h5-12,19,26H,4H2,1-3H3/b27-20-/t19-/m1/s1. The molecule has 2 aliphatic rings. The molecule has 2 aliphatic heterocycles. The number of amides is 1. The first-order valence-electron chi connectivity index (χ1n) is 10.1. The number of methoxy groups -OCH3 is 1. The summed E-state index contributed by atoms with van der Waals surface area (Å²) in [6.45, 7) is 3.70. The summed E-state index contributed by atoms with van der Waals surface area (Å²) in [5.74, 6) is -0.182. The molecule has 1 saturated heterocycles. The van der Waals surface area contributed by atoms with Gasteiger partial charge >= 0.3 is 5.97 Å². The lowest BCUT2D eigenvalue weighted by Crippen LogP contribution is -2.40. The van der Waals surface area contributed by atoms with Crippen molar-refractivity contribution in [2.24, 2.45) is 10.1 Å². The Morgan fingerprint density at radius 3 is 2.55 bits per heavy atom. The van der Waals surface area contributed by atoms with E-state index in [9.17, 15) is 9.59 Å². The van der Waals surface area contributed by atoms with E-state index in [2.05, 4.69) is 31.4 Å². The minimum Gasteiger partial charge on any atom is -0.497 e. The van der Waals surface area contributed by atoms with Crippen molar-refractivity contribution in [3.63, 3.8) is 0 Å². The van der Waals surface area contributed by atoms with E-state index in [4.69, 9.17) is 9.47 Å². The molecule has 0 saturated carbocycles. The van der Waals surface area contributed by atoms with Gasteiger partial charge in [0.05, 0.1) is 36.7 Å². The van der Waals surface area contributed by atoms with Crippen molar-refractivity contribution in [2.45, 2.75) is 19.9 Å². The van der Waals surface area contributed by atoms with Crippen molar-refractivity contribution >= 4 is 55.5 Å². The van der Waals surface area contributed by atoms with Crippen LogP contribution in [-0.4, -0.2) is 40.7 Å². The Hall–Kier alpha value is -3.11. The zero-order valence-corrected chi connectivity index (χ0v) is 20.6. The number of nitrogens with one attached hydrogen (secondary N) is 1. The summed E-state index contributed by atoms with van der Waals surface area (Å²) in [7, 11) is 1.58. The summed E-state index contributed by atoms with van der Waals surface area (Å²) < 4.78 is 11.5. The number of benzene rings is 2. The molecule has 1 fully saturated rings. The predicted molar refractivity (Wildman–Crippen MR) is 132 cm³/mol. The summed E-state index contributed by atoms with van der Waals surface area (Å²) in [6, 6.07) is 14.0. The molecule has 0 aromatic heterocycles. The molecule has 0 spiro atoms. The Morgan fingerprint density at radius 2 is 1.91 bits per heavy atom. The van der Waals surface area contributed by atoms with Crippen LogP contribution in [0.25, 0.3) is 0 Å². The van der Waals surface area contributed by atoms with E-state index in [-0.39, 0.29) is 17.6 Å². The quantitative estimate of drug-likeness (QED) is 0.431. The van der Waals surface area contributed by atoms with Crippen LogP contribution in [0.3, 0.4) is 0 Å². The summed E-state index contributed by atoms with van der Waals surface area (Å²) in [5.41, 5.74) is 5.21. The van der Waals surface area contributed by atoms with E-state index in [1.165, 1.54) is 4.90 Å². The second kappa shape index (κ2) is 9.80. The number of rotatable bonds is 6. The van der Waals surface area contributed by atoms with Gasteiger partial charge in [0.25, 0.3) is 5.91 Å². The van der Waals surface area contributed by atoms with E-state index in [1.54, 1.807) is 33.1 Å². The number of hydrazone groups is 1. The summed E-state index contributed by atoms with van der Waals surface area (Å²) in [5, 5.41) is 4.99. The molecule has 1 amide bonds. The molecule has 1 N–H and O–H groups in total. The van der Waals surface area contributed by atoms with Gasteiger partial charge in [0, 0.05) is 4.47 Å². The van der Waals surface area contributed by atoms with Gasteiger partial charge in [0.2, 0.25) is 0 Å². The lowest BCUT2D eigenvalue weighted by atomic mass is 9.94. The molecule has 10 heteroatoms. The van der Waals surface area contributed by atoms with Crippen molar-refractivity contribution in [1.29, 1.82) is 0 Å². The van der Waals surface area contributed by atoms with Gasteiger partial charge < -0.3 is 9.47 Å². The molecule has 0 bridgehead atoms. The number of nitrogens with zero attached hydrogens (tertiary/aromatic N) is 3. The van der Waals surface area contributed by atoms with E-state index in [0.717, 1.165) is 27.5 Å². The Balaban J connectivity index is 1.71. The highest BCUT2D eigenvalue weighted by molar-refractivity contribution is 9.10. The molecule has 4 rings (SSSR count). The molecule has 33 heavy (non-hydrogen) atoms. The van der Waals surface area contributed by atoms with Gasteiger partial charge in [-0.3, -0.25) is 15.1 Å². The number of anilines is 1. The number of fused-ring (bicyclic) bond motifs is 1. The Labute approximate surface area is 203 Å². The monoisotopic (exact) mass is 528 g/mol. The minimum absolute atomic E-state index is 0.216. The molecular formula is C23H21BrN4O4S. The van der Waals surface area contributed by atoms with Gasteiger partial charge in [-0.1, -0.05) is 28.1 Å². The first-order valence-corrected chi connectivity index (χ1v) is 11.7. The van der Waals surface area contributed by atoms with Gasteiger partial charge in [-0.2, -0.15) is 5.10 Å². The van der Waals surface area contributed by atoms with Gasteiger partial charge in [-0.15, -0.1) is 0 Å². The number of carbonyl (C=O) groups is 2. The third kappa shape index (κ3) is 4.67. The minimum atomic E-state index is -0.692. The third-order valence-corrected chi connectivity index (χ3v) is 6.50. The lowest BCUT2D eigenvalue weighted by molar-refractivity contribution is -0.139. The molecule has 170 valence electrons. The number of amidine groups is 1. The number of carbonyl (C=O) groups excluding carboxylic acids is 2. The van der Waals surface area contributed by atoms with Crippen LogP contribution in [0.2, 0.25) is 0 Å². The summed E-state index contributed by atoms with van der Waals surface area (Å²) >= 11 is 4.55. The summed E-state index contributed by atoms with van der Waals surface area (Å²) in [6.07, 6.45) is 0. The number of hydrogen-bond donors (Lipinski definition) is 1. The largest absolute Gasteiger partial charge is 0.497 e. The van der Waals surface area contributed by atoms with E-state index < -0.39 is 12.0 Å². The number of halogens is 1. The average Bonchev–Trinajstić information content (AvgIpc) is 3.12. The van der Waals surface area contributed by atoms with Crippen LogP contribution in [0.1, 0.15) is 25.5 Å². The van der Waals surface area contributed by atoms with Crippen molar-refractivity contribution < 1.29 is 19.1 Å². The van der Waals surface area contributed by atoms with Crippen LogP contribution in [-0.2, 0) is 14.3 Å². The maximum Gasteiger partial charge on any atom is 0.338 e. The van der Waals surface area contributed by atoms with Crippen molar-refractivity contribution in [1.82, 2.24) is 4.90 Å². The number of allylic oxidation sites excluding steroid dienone is 1. The van der Waals surface area contributed by atoms with Crippen LogP contribution < -0.4 is 10.2 Å². The smallest absolute Gasteiger partial charge is 0.338 e. The maximum atomic E-state index is 13.4. The molecule has 0 aliphatic carbocycles. The lowest BCUT2D eigenvalue weighted by Gasteiger charge is -2.32. The Morgan fingerprint density at radius 1 is 1.21 bits per heavy atom. The van der Waals surface area contributed by atoms with Gasteiger partial charge in [0.15, 0.2) is 10.2 Å². The highest BCUT2D eigenvalue weighted by atomic mass is 79.9. The predicted octanol–water partition coefficient (Wildman–Crippen LogP) is 4.71. The average molecular weight is 529 g/mol. The number of aliphatic imine (C=N–C) groups is 1. The van der Waals surface area contributed by atoms with E-state index in [0.29, 0.717) is 22.2 Å². The van der Waals surface area contributed by atoms with Crippen molar-refractivity contribution in [2.75, 3.05) is 19.1 Å². The first-order chi connectivity index (χ1) is 15.9. The maximum absolute atomic E-state index is 13.4. The number of hydrogen-bond acceptors (Lipinski definition) is 8. The van der Waals surface area contributed by atoms with E-state index >= 15 is 0 Å². The molecular weight excluding hydrogens is 508 g/mol. The van der Waals surface area contributed by atoms with Gasteiger partial charge in [0.1, 0.15) is 5.75 Å². The second-order valence-electron chi connectivity index (χ2n) is 7.10. The van der Waals surface area contributed by atoms with Crippen LogP contribution in [0, 0.1) is 0 Å². The normalized spacial score (nSPS) is 18.8. The van der Waals surface area contributed by atoms with Gasteiger partial charge in [-0.05, 0) is 67.6 Å². The van der Waals surface area contributed by atoms with Crippen molar-refractivity contribution in [3.05, 3.63) is 69.8 Å². The molecule has 2 aromatic rings. The molecule has 2 aromatic carbocycles. The van der Waals surface area contributed by atoms with Crippen LogP contribution in [0.15, 0.2) is 74.4 Å². The summed E-state index contributed by atoms with van der Waals surface area (Å²) in [4.78, 5) is 32.3. The number of thioether (sulfide) groups is 1. The fourth-order valence-corrected chi connectivity index (χ4v) is 4.67.